The first-order valence-corrected chi connectivity index (χ1v) is 7.39. The first-order valence-electron chi connectivity index (χ1n) is 7.39. The van der Waals surface area contributed by atoms with Crippen LogP contribution in [-0.2, 0) is 0 Å². The van der Waals surface area contributed by atoms with Gasteiger partial charge >= 0.3 is 0 Å². The van der Waals surface area contributed by atoms with E-state index in [-0.39, 0.29) is 30.6 Å². The third kappa shape index (κ3) is 8.68. The second kappa shape index (κ2) is 11.8. The van der Waals surface area contributed by atoms with Gasteiger partial charge in [0.05, 0.1) is 6.61 Å². The zero-order valence-corrected chi connectivity index (χ0v) is 14.7. The number of nitrogens with zero attached hydrogens (tertiary/aromatic N) is 1. The molecule has 0 bridgehead atoms. The predicted molar refractivity (Wildman–Crippen MR) is 92.2 cm³/mol. The van der Waals surface area contributed by atoms with Crippen molar-refractivity contribution in [3.8, 4) is 0 Å². The Balaban J connectivity index is 0.00000324. The molecule has 1 rings (SSSR count). The summed E-state index contributed by atoms with van der Waals surface area (Å²) in [6.45, 7) is 6.87. The van der Waals surface area contributed by atoms with Crippen LogP contribution in [-0.4, -0.2) is 37.3 Å². The molecule has 2 atom stereocenters. The minimum absolute atomic E-state index is 0. The van der Waals surface area contributed by atoms with Gasteiger partial charge in [-0.1, -0.05) is 26.2 Å². The van der Waals surface area contributed by atoms with E-state index < -0.39 is 0 Å². The van der Waals surface area contributed by atoms with Crippen molar-refractivity contribution in [1.29, 1.82) is 0 Å². The number of guanidine groups is 1. The van der Waals surface area contributed by atoms with E-state index in [1.807, 2.05) is 0 Å². The van der Waals surface area contributed by atoms with Crippen molar-refractivity contribution in [1.82, 2.24) is 10.6 Å². The van der Waals surface area contributed by atoms with E-state index in [0.717, 1.165) is 30.9 Å². The van der Waals surface area contributed by atoms with Gasteiger partial charge in [0.25, 0.3) is 0 Å². The number of nitrogens with one attached hydrogen (secondary N) is 2. The molecule has 0 heterocycles. The van der Waals surface area contributed by atoms with Crippen LogP contribution >= 0.6 is 24.0 Å². The van der Waals surface area contributed by atoms with E-state index in [2.05, 4.69) is 29.5 Å². The van der Waals surface area contributed by atoms with Gasteiger partial charge < -0.3 is 15.7 Å². The Morgan fingerprint density at radius 2 is 2.11 bits per heavy atom. The second-order valence-electron chi connectivity index (χ2n) is 5.34. The van der Waals surface area contributed by atoms with Crippen LogP contribution in [0.15, 0.2) is 4.99 Å². The molecule has 0 aromatic carbocycles. The second-order valence-corrected chi connectivity index (χ2v) is 5.34. The molecule has 4 nitrogen and oxygen atoms in total. The van der Waals surface area contributed by atoms with Gasteiger partial charge in [0.15, 0.2) is 5.96 Å². The van der Waals surface area contributed by atoms with Gasteiger partial charge in [-0.25, -0.2) is 0 Å². The van der Waals surface area contributed by atoms with E-state index in [0.29, 0.717) is 6.54 Å². The first kappa shape index (κ1) is 19.0. The Bertz CT molecular complexity index is 249. The number of aliphatic imine (C=N–C) groups is 1. The summed E-state index contributed by atoms with van der Waals surface area (Å²) in [5, 5.41) is 15.1. The molecular weight excluding hydrogens is 353 g/mol. The molecule has 19 heavy (non-hydrogen) atoms. The van der Waals surface area contributed by atoms with Crippen molar-refractivity contribution in [2.24, 2.45) is 16.8 Å². The van der Waals surface area contributed by atoms with Crippen molar-refractivity contribution >= 4 is 29.9 Å². The highest BCUT2D eigenvalue weighted by Crippen LogP contribution is 2.30. The lowest BCUT2D eigenvalue weighted by Crippen LogP contribution is -2.38. The van der Waals surface area contributed by atoms with Crippen LogP contribution in [0.3, 0.4) is 0 Å². The molecular formula is C14H30IN3O. The van der Waals surface area contributed by atoms with E-state index in [1.165, 1.54) is 32.1 Å². The van der Waals surface area contributed by atoms with Crippen LogP contribution in [0, 0.1) is 11.8 Å². The summed E-state index contributed by atoms with van der Waals surface area (Å²) >= 11 is 0. The zero-order chi connectivity index (χ0) is 13.2. The standard InChI is InChI=1S/C14H29N3O.HI/c1-3-15-14(17-9-10-18)16-8-7-13-6-4-5-12(2)11-13;/h12-13,18H,3-11H2,1-2H3,(H2,15,16,17);1H. The van der Waals surface area contributed by atoms with Gasteiger partial charge in [0.2, 0.25) is 0 Å². The maximum absolute atomic E-state index is 8.80. The molecule has 0 spiro atoms. The van der Waals surface area contributed by atoms with E-state index in [4.69, 9.17) is 5.11 Å². The van der Waals surface area contributed by atoms with Crippen LogP contribution in [0.1, 0.15) is 46.0 Å². The lowest BCUT2D eigenvalue weighted by molar-refractivity contribution is 0.272. The first-order chi connectivity index (χ1) is 8.76. The number of hydrogen-bond donors (Lipinski definition) is 3. The smallest absolute Gasteiger partial charge is 0.191 e. The Hall–Kier alpha value is -0.0400. The van der Waals surface area contributed by atoms with Gasteiger partial charge in [-0.3, -0.25) is 4.99 Å². The summed E-state index contributed by atoms with van der Waals surface area (Å²) in [4.78, 5) is 4.55. The molecule has 0 aliphatic heterocycles. The SMILES string of the molecule is CCNC(=NCCC1CCCC(C)C1)NCCO.I. The lowest BCUT2D eigenvalue weighted by Gasteiger charge is -2.26. The monoisotopic (exact) mass is 383 g/mol. The topological polar surface area (TPSA) is 56.7 Å². The molecule has 1 fully saturated rings. The quantitative estimate of drug-likeness (QED) is 0.375. The largest absolute Gasteiger partial charge is 0.395 e. The van der Waals surface area contributed by atoms with Crippen LogP contribution in [0.5, 0.6) is 0 Å². The molecule has 0 aromatic heterocycles. The van der Waals surface area contributed by atoms with Gasteiger partial charge in [0.1, 0.15) is 0 Å². The van der Waals surface area contributed by atoms with Crippen LogP contribution in [0.2, 0.25) is 0 Å². The third-order valence-electron chi connectivity index (χ3n) is 3.60. The number of halogens is 1. The minimum atomic E-state index is 0. The van der Waals surface area contributed by atoms with Gasteiger partial charge in [-0.05, 0) is 31.6 Å². The van der Waals surface area contributed by atoms with Crippen molar-refractivity contribution in [3.63, 3.8) is 0 Å². The highest BCUT2D eigenvalue weighted by Gasteiger charge is 2.18. The molecule has 1 aliphatic rings. The average Bonchev–Trinajstić information content (AvgIpc) is 2.36. The summed E-state index contributed by atoms with van der Waals surface area (Å²) in [6.07, 6.45) is 6.73. The Labute approximate surface area is 134 Å². The van der Waals surface area contributed by atoms with Gasteiger partial charge in [0, 0.05) is 19.6 Å². The molecule has 0 saturated heterocycles. The summed E-state index contributed by atoms with van der Waals surface area (Å²) in [6, 6.07) is 0. The molecule has 3 N–H and O–H groups in total. The van der Waals surface area contributed by atoms with Gasteiger partial charge in [-0.2, -0.15) is 0 Å². The molecule has 5 heteroatoms. The summed E-state index contributed by atoms with van der Waals surface area (Å²) in [7, 11) is 0. The molecule has 0 aromatic rings. The van der Waals surface area contributed by atoms with Crippen molar-refractivity contribution in [2.45, 2.75) is 46.0 Å². The number of aliphatic hydroxyl groups is 1. The molecule has 1 saturated carbocycles. The summed E-state index contributed by atoms with van der Waals surface area (Å²) in [5.41, 5.74) is 0. The van der Waals surface area contributed by atoms with Crippen molar-refractivity contribution < 1.29 is 5.11 Å². The van der Waals surface area contributed by atoms with Crippen LogP contribution < -0.4 is 10.6 Å². The molecule has 114 valence electrons. The zero-order valence-electron chi connectivity index (χ0n) is 12.3. The van der Waals surface area contributed by atoms with E-state index in [9.17, 15) is 0 Å². The maximum atomic E-state index is 8.80. The van der Waals surface area contributed by atoms with Crippen molar-refractivity contribution in [3.05, 3.63) is 0 Å². The minimum Gasteiger partial charge on any atom is -0.395 e. The number of aliphatic hydroxyl groups excluding tert-OH is 1. The number of hydrogen-bond acceptors (Lipinski definition) is 2. The Morgan fingerprint density at radius 1 is 1.32 bits per heavy atom. The Morgan fingerprint density at radius 3 is 2.74 bits per heavy atom. The summed E-state index contributed by atoms with van der Waals surface area (Å²) < 4.78 is 0. The van der Waals surface area contributed by atoms with E-state index >= 15 is 0 Å². The lowest BCUT2D eigenvalue weighted by atomic mass is 9.81. The van der Waals surface area contributed by atoms with Crippen LogP contribution in [0.4, 0.5) is 0 Å². The fourth-order valence-corrected chi connectivity index (χ4v) is 2.70. The highest BCUT2D eigenvalue weighted by molar-refractivity contribution is 14.0. The molecule has 0 radical (unpaired) electrons. The normalized spacial score (nSPS) is 23.6. The fraction of sp³-hybridized carbons (Fsp3) is 0.929. The van der Waals surface area contributed by atoms with Crippen LogP contribution in [0.25, 0.3) is 0 Å². The average molecular weight is 383 g/mol. The summed E-state index contributed by atoms with van der Waals surface area (Å²) in [5.74, 6) is 2.59. The number of rotatable bonds is 6. The molecule has 0 amide bonds. The Kier molecular flexibility index (Phi) is 11.7. The third-order valence-corrected chi connectivity index (χ3v) is 3.60. The molecule has 2 unspecified atom stereocenters. The van der Waals surface area contributed by atoms with Gasteiger partial charge in [-0.15, -0.1) is 24.0 Å². The predicted octanol–water partition coefficient (Wildman–Crippen LogP) is 2.37. The molecule has 1 aliphatic carbocycles. The highest BCUT2D eigenvalue weighted by atomic mass is 127. The van der Waals surface area contributed by atoms with Crippen molar-refractivity contribution in [2.75, 3.05) is 26.2 Å². The van der Waals surface area contributed by atoms with E-state index in [1.54, 1.807) is 0 Å². The maximum Gasteiger partial charge on any atom is 0.191 e. The fourth-order valence-electron chi connectivity index (χ4n) is 2.70.